The molecule has 4 nitrogen and oxygen atoms in total. The van der Waals surface area contributed by atoms with Gasteiger partial charge in [0.1, 0.15) is 0 Å². The van der Waals surface area contributed by atoms with Gasteiger partial charge < -0.3 is 9.64 Å². The van der Waals surface area contributed by atoms with Crippen LogP contribution in [0.25, 0.3) is 0 Å². The summed E-state index contributed by atoms with van der Waals surface area (Å²) >= 11 is 0. The van der Waals surface area contributed by atoms with E-state index in [9.17, 15) is 4.79 Å². The van der Waals surface area contributed by atoms with Crippen LogP contribution in [0.15, 0.2) is 54.6 Å². The van der Waals surface area contributed by atoms with Gasteiger partial charge in [-0.25, -0.2) is 4.79 Å². The molecule has 0 radical (unpaired) electrons. The molecule has 0 aliphatic carbocycles. The standard InChI is InChI=1S/C18H18N2O2/c21-18-16-9-5-4-8-15(16)17(22-18)20-12-10-19(11-13-20)14-6-2-1-3-7-14/h1-9,17H,10-13H2/t17-/m1/s1. The lowest BCUT2D eigenvalue weighted by Crippen LogP contribution is -2.47. The summed E-state index contributed by atoms with van der Waals surface area (Å²) in [4.78, 5) is 16.6. The molecule has 0 unspecified atom stereocenters. The smallest absolute Gasteiger partial charge is 0.340 e. The first-order valence-corrected chi connectivity index (χ1v) is 7.67. The highest BCUT2D eigenvalue weighted by atomic mass is 16.6. The number of anilines is 1. The topological polar surface area (TPSA) is 32.8 Å². The number of benzene rings is 2. The van der Waals surface area contributed by atoms with Gasteiger partial charge in [-0.2, -0.15) is 0 Å². The molecular formula is C18H18N2O2. The van der Waals surface area contributed by atoms with Crippen LogP contribution in [0.5, 0.6) is 0 Å². The van der Waals surface area contributed by atoms with Crippen LogP contribution in [0.2, 0.25) is 0 Å². The summed E-state index contributed by atoms with van der Waals surface area (Å²) in [5, 5.41) is 0. The summed E-state index contributed by atoms with van der Waals surface area (Å²) in [6, 6.07) is 18.1. The molecule has 0 amide bonds. The van der Waals surface area contributed by atoms with Crippen LogP contribution in [0, 0.1) is 0 Å². The van der Waals surface area contributed by atoms with Crippen LogP contribution in [0.4, 0.5) is 5.69 Å². The van der Waals surface area contributed by atoms with Gasteiger partial charge in [0.2, 0.25) is 0 Å². The van der Waals surface area contributed by atoms with Crippen molar-refractivity contribution in [3.8, 4) is 0 Å². The molecule has 1 saturated heterocycles. The van der Waals surface area contributed by atoms with E-state index in [2.05, 4.69) is 34.1 Å². The summed E-state index contributed by atoms with van der Waals surface area (Å²) in [5.41, 5.74) is 2.96. The molecule has 0 aromatic heterocycles. The van der Waals surface area contributed by atoms with E-state index in [-0.39, 0.29) is 12.2 Å². The zero-order valence-electron chi connectivity index (χ0n) is 12.3. The Kier molecular flexibility index (Phi) is 3.31. The van der Waals surface area contributed by atoms with E-state index in [0.717, 1.165) is 31.7 Å². The summed E-state index contributed by atoms with van der Waals surface area (Å²) in [6.45, 7) is 3.67. The fourth-order valence-electron chi connectivity index (χ4n) is 3.25. The fraction of sp³-hybridized carbons (Fsp3) is 0.278. The van der Waals surface area contributed by atoms with E-state index in [1.54, 1.807) is 0 Å². The van der Waals surface area contributed by atoms with E-state index >= 15 is 0 Å². The van der Waals surface area contributed by atoms with Crippen molar-refractivity contribution < 1.29 is 9.53 Å². The first-order chi connectivity index (χ1) is 10.8. The average Bonchev–Trinajstić information content (AvgIpc) is 2.93. The molecule has 0 N–H and O–H groups in total. The van der Waals surface area contributed by atoms with Crippen molar-refractivity contribution in [3.63, 3.8) is 0 Å². The average molecular weight is 294 g/mol. The Balaban J connectivity index is 1.48. The van der Waals surface area contributed by atoms with E-state index < -0.39 is 0 Å². The van der Waals surface area contributed by atoms with Crippen LogP contribution in [0.1, 0.15) is 22.1 Å². The molecule has 1 fully saturated rings. The molecule has 22 heavy (non-hydrogen) atoms. The Labute approximate surface area is 129 Å². The molecule has 2 aliphatic heterocycles. The molecule has 4 heteroatoms. The second-order valence-electron chi connectivity index (χ2n) is 5.70. The second kappa shape index (κ2) is 5.46. The maximum Gasteiger partial charge on any atom is 0.340 e. The highest BCUT2D eigenvalue weighted by molar-refractivity contribution is 5.93. The number of cyclic esters (lactones) is 1. The fourth-order valence-corrected chi connectivity index (χ4v) is 3.25. The largest absolute Gasteiger partial charge is 0.438 e. The van der Waals surface area contributed by atoms with Crippen LogP contribution >= 0.6 is 0 Å². The molecule has 0 spiro atoms. The summed E-state index contributed by atoms with van der Waals surface area (Å²) < 4.78 is 5.58. The lowest BCUT2D eigenvalue weighted by atomic mass is 10.1. The van der Waals surface area contributed by atoms with Crippen molar-refractivity contribution in [1.82, 2.24) is 4.90 Å². The number of hydrogen-bond acceptors (Lipinski definition) is 4. The number of para-hydroxylation sites is 1. The van der Waals surface area contributed by atoms with Crippen molar-refractivity contribution >= 4 is 11.7 Å². The van der Waals surface area contributed by atoms with Crippen molar-refractivity contribution in [2.24, 2.45) is 0 Å². The van der Waals surface area contributed by atoms with E-state index in [4.69, 9.17) is 4.74 Å². The van der Waals surface area contributed by atoms with Gasteiger partial charge >= 0.3 is 5.97 Å². The number of carbonyl (C=O) groups is 1. The second-order valence-corrected chi connectivity index (χ2v) is 5.70. The number of fused-ring (bicyclic) bond motifs is 1. The normalized spacial score (nSPS) is 21.5. The maximum atomic E-state index is 11.9. The van der Waals surface area contributed by atoms with Gasteiger partial charge in [0, 0.05) is 37.4 Å². The number of rotatable bonds is 2. The third-order valence-electron chi connectivity index (χ3n) is 4.43. The highest BCUT2D eigenvalue weighted by Crippen LogP contribution is 2.34. The van der Waals surface area contributed by atoms with Gasteiger partial charge in [-0.3, -0.25) is 4.90 Å². The van der Waals surface area contributed by atoms with Crippen molar-refractivity contribution in [2.45, 2.75) is 6.23 Å². The summed E-state index contributed by atoms with van der Waals surface area (Å²) in [7, 11) is 0. The van der Waals surface area contributed by atoms with Crippen molar-refractivity contribution in [3.05, 3.63) is 65.7 Å². The number of piperazine rings is 1. The minimum Gasteiger partial charge on any atom is -0.438 e. The predicted octanol–water partition coefficient (Wildman–Crippen LogP) is 2.68. The Bertz CT molecular complexity index is 678. The van der Waals surface area contributed by atoms with Gasteiger partial charge in [-0.1, -0.05) is 36.4 Å². The van der Waals surface area contributed by atoms with Crippen LogP contribution < -0.4 is 4.90 Å². The molecule has 2 heterocycles. The predicted molar refractivity (Wildman–Crippen MR) is 84.8 cm³/mol. The van der Waals surface area contributed by atoms with Crippen LogP contribution in [-0.4, -0.2) is 37.0 Å². The quantitative estimate of drug-likeness (QED) is 0.797. The maximum absolute atomic E-state index is 11.9. The number of hydrogen-bond donors (Lipinski definition) is 0. The van der Waals surface area contributed by atoms with Crippen LogP contribution in [-0.2, 0) is 4.74 Å². The summed E-state index contributed by atoms with van der Waals surface area (Å²) in [5.74, 6) is -0.203. The monoisotopic (exact) mass is 294 g/mol. The van der Waals surface area contributed by atoms with Crippen molar-refractivity contribution in [2.75, 3.05) is 31.1 Å². The Morgan fingerprint density at radius 2 is 1.55 bits per heavy atom. The summed E-state index contributed by atoms with van der Waals surface area (Å²) in [6.07, 6.45) is -0.221. The Hall–Kier alpha value is -2.33. The minimum atomic E-state index is -0.221. The molecular weight excluding hydrogens is 276 g/mol. The number of ether oxygens (including phenoxy) is 1. The van der Waals surface area contributed by atoms with Gasteiger partial charge in [0.25, 0.3) is 0 Å². The molecule has 0 bridgehead atoms. The van der Waals surface area contributed by atoms with Gasteiger partial charge in [0.05, 0.1) is 5.56 Å². The molecule has 2 aliphatic rings. The first kappa shape index (κ1) is 13.3. The van der Waals surface area contributed by atoms with Crippen LogP contribution in [0.3, 0.4) is 0 Å². The minimum absolute atomic E-state index is 0.203. The zero-order valence-corrected chi connectivity index (χ0v) is 12.3. The molecule has 112 valence electrons. The lowest BCUT2D eigenvalue weighted by Gasteiger charge is -2.38. The third-order valence-corrected chi connectivity index (χ3v) is 4.43. The van der Waals surface area contributed by atoms with Gasteiger partial charge in [-0.05, 0) is 18.2 Å². The van der Waals surface area contributed by atoms with Gasteiger partial charge in [-0.15, -0.1) is 0 Å². The van der Waals surface area contributed by atoms with E-state index in [1.807, 2.05) is 30.3 Å². The highest BCUT2D eigenvalue weighted by Gasteiger charge is 2.36. The van der Waals surface area contributed by atoms with E-state index in [0.29, 0.717) is 5.56 Å². The number of carbonyl (C=O) groups excluding carboxylic acids is 1. The lowest BCUT2D eigenvalue weighted by molar-refractivity contribution is -0.0250. The molecule has 2 aromatic rings. The Morgan fingerprint density at radius 1 is 0.864 bits per heavy atom. The molecule has 1 atom stereocenters. The van der Waals surface area contributed by atoms with Crippen molar-refractivity contribution in [1.29, 1.82) is 0 Å². The first-order valence-electron chi connectivity index (χ1n) is 7.67. The number of esters is 1. The molecule has 4 rings (SSSR count). The van der Waals surface area contributed by atoms with Gasteiger partial charge in [0.15, 0.2) is 6.23 Å². The van der Waals surface area contributed by atoms with E-state index in [1.165, 1.54) is 5.69 Å². The zero-order chi connectivity index (χ0) is 14.9. The molecule has 2 aromatic carbocycles. The third kappa shape index (κ3) is 2.25. The number of nitrogens with zero attached hydrogens (tertiary/aromatic N) is 2. The molecule has 0 saturated carbocycles. The Morgan fingerprint density at radius 3 is 2.32 bits per heavy atom. The SMILES string of the molecule is O=C1O[C@@H](N2CCN(c3ccccc3)CC2)c2ccccc21.